The molecule has 1 unspecified atom stereocenters. The number of ether oxygens (including phenoxy) is 1. The molecule has 2 aromatic carbocycles. The molecule has 7 nitrogen and oxygen atoms in total. The van der Waals surface area contributed by atoms with Crippen LogP contribution in [-0.4, -0.2) is 56.5 Å². The maximum Gasteiger partial charge on any atom is 0.222 e. The first-order chi connectivity index (χ1) is 13.6. The summed E-state index contributed by atoms with van der Waals surface area (Å²) in [4.78, 5) is 15.8. The Morgan fingerprint density at radius 2 is 1.71 bits per heavy atom. The number of hydrogen-bond donors (Lipinski definition) is 1. The van der Waals surface area contributed by atoms with Gasteiger partial charge < -0.3 is 20.3 Å². The Morgan fingerprint density at radius 1 is 1.04 bits per heavy atom. The number of aliphatic imine (C=N–C) groups is 2. The van der Waals surface area contributed by atoms with Gasteiger partial charge >= 0.3 is 0 Å². The summed E-state index contributed by atoms with van der Waals surface area (Å²) in [5, 5.41) is 0. The number of benzene rings is 2. The molecule has 0 radical (unpaired) electrons. The second-order valence-electron chi connectivity index (χ2n) is 7.00. The fraction of sp³-hybridized carbons (Fsp3) is 0.333. The largest absolute Gasteiger partial charge is 0.378 e. The van der Waals surface area contributed by atoms with Crippen LogP contribution in [0.25, 0.3) is 0 Å². The van der Waals surface area contributed by atoms with E-state index in [1.165, 1.54) is 5.56 Å². The van der Waals surface area contributed by atoms with Gasteiger partial charge in [0.25, 0.3) is 0 Å². The predicted octanol–water partition coefficient (Wildman–Crippen LogP) is 2.24. The minimum absolute atomic E-state index is 0.289. The summed E-state index contributed by atoms with van der Waals surface area (Å²) < 4.78 is 5.53. The van der Waals surface area contributed by atoms with Crippen molar-refractivity contribution in [2.24, 2.45) is 15.7 Å². The van der Waals surface area contributed by atoms with Crippen molar-refractivity contribution in [2.45, 2.75) is 13.2 Å². The Balaban J connectivity index is 1.76. The molecule has 0 amide bonds. The van der Waals surface area contributed by atoms with Crippen molar-refractivity contribution in [3.63, 3.8) is 0 Å². The van der Waals surface area contributed by atoms with E-state index in [4.69, 9.17) is 10.5 Å². The first kappa shape index (κ1) is 18.3. The Labute approximate surface area is 165 Å². The van der Waals surface area contributed by atoms with Gasteiger partial charge in [-0.15, -0.1) is 0 Å². The summed E-state index contributed by atoms with van der Waals surface area (Å²) in [5.41, 5.74) is 9.45. The number of aryl methyl sites for hydroxylation is 1. The highest BCUT2D eigenvalue weighted by Gasteiger charge is 2.34. The van der Waals surface area contributed by atoms with Gasteiger partial charge in [0.15, 0.2) is 0 Å². The number of guanidine groups is 2. The number of anilines is 2. The van der Waals surface area contributed by atoms with Crippen LogP contribution >= 0.6 is 0 Å². The van der Waals surface area contributed by atoms with Gasteiger partial charge in [-0.25, -0.2) is 4.99 Å². The molecule has 2 N–H and O–H groups in total. The normalized spacial score (nSPS) is 19.9. The standard InChI is InChI=1S/C21H26N6O/c1-16-8-10-18(11-9-16)27-20(25(2)17-6-4-3-5-7-17)23-19(22)24-21(27)26-12-14-28-15-13-26/h3-11,20H,12-15H2,1-2H3,(H2,22,23). The lowest BCUT2D eigenvalue weighted by atomic mass is 10.2. The van der Waals surface area contributed by atoms with Gasteiger partial charge in [0, 0.05) is 31.5 Å². The quantitative estimate of drug-likeness (QED) is 0.887. The van der Waals surface area contributed by atoms with Crippen molar-refractivity contribution >= 4 is 23.3 Å². The monoisotopic (exact) mass is 378 g/mol. The van der Waals surface area contributed by atoms with Crippen molar-refractivity contribution in [1.82, 2.24) is 4.90 Å². The highest BCUT2D eigenvalue weighted by atomic mass is 16.5. The molecule has 2 aromatic rings. The number of nitrogens with zero attached hydrogens (tertiary/aromatic N) is 5. The lowest BCUT2D eigenvalue weighted by Crippen LogP contribution is -2.59. The van der Waals surface area contributed by atoms with Crippen LogP contribution in [-0.2, 0) is 4.74 Å². The van der Waals surface area contributed by atoms with Gasteiger partial charge in [-0.1, -0.05) is 35.9 Å². The molecular weight excluding hydrogens is 352 g/mol. The molecule has 7 heteroatoms. The summed E-state index contributed by atoms with van der Waals surface area (Å²) in [6.07, 6.45) is -0.333. The number of rotatable bonds is 3. The van der Waals surface area contributed by atoms with Gasteiger partial charge in [-0.3, -0.25) is 4.90 Å². The summed E-state index contributed by atoms with van der Waals surface area (Å²) >= 11 is 0. The molecule has 0 bridgehead atoms. The van der Waals surface area contributed by atoms with Crippen LogP contribution in [0.1, 0.15) is 5.56 Å². The van der Waals surface area contributed by atoms with Gasteiger partial charge in [0.05, 0.1) is 13.2 Å². The SMILES string of the molecule is Cc1ccc(N2C(N3CCOCC3)=NC(N)=NC2N(C)c2ccccc2)cc1. The molecule has 2 heterocycles. The van der Waals surface area contributed by atoms with Crippen LogP contribution in [0.3, 0.4) is 0 Å². The van der Waals surface area contributed by atoms with E-state index in [9.17, 15) is 0 Å². The van der Waals surface area contributed by atoms with Crippen molar-refractivity contribution in [1.29, 1.82) is 0 Å². The Kier molecular flexibility index (Phi) is 5.16. The van der Waals surface area contributed by atoms with E-state index >= 15 is 0 Å². The Morgan fingerprint density at radius 3 is 2.39 bits per heavy atom. The average Bonchev–Trinajstić information content (AvgIpc) is 2.74. The van der Waals surface area contributed by atoms with Gasteiger partial charge in [-0.05, 0) is 31.2 Å². The Hall–Kier alpha value is -3.06. The smallest absolute Gasteiger partial charge is 0.222 e. The first-order valence-corrected chi connectivity index (χ1v) is 9.52. The first-order valence-electron chi connectivity index (χ1n) is 9.52. The van der Waals surface area contributed by atoms with Crippen molar-refractivity contribution < 1.29 is 4.74 Å². The molecule has 1 saturated heterocycles. The third kappa shape index (κ3) is 3.66. The topological polar surface area (TPSA) is 69.7 Å². The van der Waals surface area contributed by atoms with E-state index in [-0.39, 0.29) is 12.2 Å². The highest BCUT2D eigenvalue weighted by Crippen LogP contribution is 2.27. The third-order valence-electron chi connectivity index (χ3n) is 5.02. The van der Waals surface area contributed by atoms with E-state index < -0.39 is 0 Å². The number of morpholine rings is 1. The number of para-hydroxylation sites is 1. The second-order valence-corrected chi connectivity index (χ2v) is 7.00. The van der Waals surface area contributed by atoms with Crippen LogP contribution in [0.2, 0.25) is 0 Å². The maximum atomic E-state index is 6.15. The summed E-state index contributed by atoms with van der Waals surface area (Å²) in [6.45, 7) is 4.99. The van der Waals surface area contributed by atoms with Crippen LogP contribution in [0.5, 0.6) is 0 Å². The highest BCUT2D eigenvalue weighted by molar-refractivity contribution is 6.06. The fourth-order valence-electron chi connectivity index (χ4n) is 3.46. The van der Waals surface area contributed by atoms with Crippen LogP contribution in [0, 0.1) is 6.92 Å². The van der Waals surface area contributed by atoms with Gasteiger partial charge in [-0.2, -0.15) is 4.99 Å². The van der Waals surface area contributed by atoms with Gasteiger partial charge in [0.2, 0.25) is 18.2 Å². The minimum Gasteiger partial charge on any atom is -0.378 e. The molecule has 1 atom stereocenters. The van der Waals surface area contributed by atoms with Crippen molar-refractivity contribution in [3.8, 4) is 0 Å². The number of hydrogen-bond acceptors (Lipinski definition) is 7. The third-order valence-corrected chi connectivity index (χ3v) is 5.02. The zero-order valence-electron chi connectivity index (χ0n) is 16.3. The maximum absolute atomic E-state index is 6.15. The van der Waals surface area contributed by atoms with E-state index in [0.29, 0.717) is 13.2 Å². The minimum atomic E-state index is -0.333. The molecule has 0 aliphatic carbocycles. The summed E-state index contributed by atoms with van der Waals surface area (Å²) in [6, 6.07) is 18.6. The van der Waals surface area contributed by atoms with Crippen LogP contribution in [0.4, 0.5) is 11.4 Å². The molecule has 2 aliphatic rings. The molecule has 2 aliphatic heterocycles. The van der Waals surface area contributed by atoms with E-state index in [1.807, 2.05) is 25.2 Å². The Bertz CT molecular complexity index is 858. The fourth-order valence-corrected chi connectivity index (χ4v) is 3.46. The molecule has 0 saturated carbocycles. The molecular formula is C21H26N6O. The van der Waals surface area contributed by atoms with E-state index in [0.717, 1.165) is 30.4 Å². The van der Waals surface area contributed by atoms with E-state index in [2.05, 4.69) is 68.0 Å². The number of nitrogens with two attached hydrogens (primary N) is 1. The molecule has 4 rings (SSSR count). The van der Waals surface area contributed by atoms with Gasteiger partial charge in [0.1, 0.15) is 0 Å². The second kappa shape index (κ2) is 7.90. The van der Waals surface area contributed by atoms with Crippen LogP contribution in [0.15, 0.2) is 64.6 Å². The zero-order chi connectivity index (χ0) is 19.5. The molecule has 0 spiro atoms. The molecule has 28 heavy (non-hydrogen) atoms. The average molecular weight is 378 g/mol. The summed E-state index contributed by atoms with van der Waals surface area (Å²) in [7, 11) is 2.03. The van der Waals surface area contributed by atoms with E-state index in [1.54, 1.807) is 0 Å². The lowest BCUT2D eigenvalue weighted by molar-refractivity contribution is 0.0670. The zero-order valence-corrected chi connectivity index (χ0v) is 16.3. The lowest BCUT2D eigenvalue weighted by Gasteiger charge is -2.43. The molecule has 0 aromatic heterocycles. The van der Waals surface area contributed by atoms with Crippen LogP contribution < -0.4 is 15.5 Å². The molecule has 146 valence electrons. The van der Waals surface area contributed by atoms with Crippen molar-refractivity contribution in [3.05, 3.63) is 60.2 Å². The molecule has 1 fully saturated rings. The summed E-state index contributed by atoms with van der Waals surface area (Å²) in [5.74, 6) is 1.10. The van der Waals surface area contributed by atoms with Crippen molar-refractivity contribution in [2.75, 3.05) is 43.2 Å². The predicted molar refractivity (Wildman–Crippen MR) is 114 cm³/mol.